The molecule has 0 saturated heterocycles. The van der Waals surface area contributed by atoms with Gasteiger partial charge in [-0.2, -0.15) is 0 Å². The standard InChI is InChI=1S/C12H15NO3/c1-2-16-11(13-9-12(14)15)8-10-6-4-3-5-7-10/h3-7H,2,8-9H2,1H3,(H,14,15). The Morgan fingerprint density at radius 1 is 1.38 bits per heavy atom. The molecule has 0 spiro atoms. The van der Waals surface area contributed by atoms with E-state index in [1.807, 2.05) is 37.3 Å². The first-order valence-corrected chi connectivity index (χ1v) is 5.14. The lowest BCUT2D eigenvalue weighted by Gasteiger charge is -2.06. The van der Waals surface area contributed by atoms with Gasteiger partial charge in [0.2, 0.25) is 0 Å². The molecule has 4 heteroatoms. The molecule has 0 aliphatic rings. The number of aliphatic carboxylic acids is 1. The molecule has 0 fully saturated rings. The fraction of sp³-hybridized carbons (Fsp3) is 0.333. The number of rotatable bonds is 5. The van der Waals surface area contributed by atoms with Crippen molar-refractivity contribution in [3.05, 3.63) is 35.9 Å². The summed E-state index contributed by atoms with van der Waals surface area (Å²) in [7, 11) is 0. The van der Waals surface area contributed by atoms with Gasteiger partial charge >= 0.3 is 5.97 Å². The van der Waals surface area contributed by atoms with Crippen molar-refractivity contribution in [2.75, 3.05) is 13.2 Å². The number of nitrogens with zero attached hydrogens (tertiary/aromatic N) is 1. The predicted octanol–water partition coefficient (Wildman–Crippen LogP) is 1.75. The van der Waals surface area contributed by atoms with Crippen LogP contribution in [0.4, 0.5) is 0 Å². The summed E-state index contributed by atoms with van der Waals surface area (Å²) < 4.78 is 5.28. The van der Waals surface area contributed by atoms with Gasteiger partial charge < -0.3 is 9.84 Å². The number of carboxylic acids is 1. The van der Waals surface area contributed by atoms with E-state index in [0.29, 0.717) is 18.9 Å². The van der Waals surface area contributed by atoms with Gasteiger partial charge in [0, 0.05) is 6.42 Å². The molecule has 0 bridgehead atoms. The van der Waals surface area contributed by atoms with Gasteiger partial charge in [-0.15, -0.1) is 0 Å². The molecule has 0 saturated carbocycles. The maximum atomic E-state index is 10.4. The van der Waals surface area contributed by atoms with Crippen molar-refractivity contribution in [3.63, 3.8) is 0 Å². The van der Waals surface area contributed by atoms with Gasteiger partial charge in [0.05, 0.1) is 6.61 Å². The first-order valence-electron chi connectivity index (χ1n) is 5.14. The Labute approximate surface area is 94.6 Å². The molecule has 1 aromatic carbocycles. The Kier molecular flexibility index (Phi) is 5.05. The molecule has 1 aromatic rings. The lowest BCUT2D eigenvalue weighted by atomic mass is 10.1. The molecule has 16 heavy (non-hydrogen) atoms. The third kappa shape index (κ3) is 4.59. The Morgan fingerprint density at radius 2 is 2.06 bits per heavy atom. The molecule has 86 valence electrons. The quantitative estimate of drug-likeness (QED) is 0.608. The smallest absolute Gasteiger partial charge is 0.325 e. The van der Waals surface area contributed by atoms with E-state index in [2.05, 4.69) is 4.99 Å². The molecule has 4 nitrogen and oxygen atoms in total. The summed E-state index contributed by atoms with van der Waals surface area (Å²) in [4.78, 5) is 14.3. The minimum atomic E-state index is -0.953. The van der Waals surface area contributed by atoms with Crippen LogP contribution in [0.5, 0.6) is 0 Å². The summed E-state index contributed by atoms with van der Waals surface area (Å²) in [6, 6.07) is 9.69. The fourth-order valence-corrected chi connectivity index (χ4v) is 1.25. The van der Waals surface area contributed by atoms with E-state index in [9.17, 15) is 4.79 Å². The average molecular weight is 221 g/mol. The van der Waals surface area contributed by atoms with E-state index in [0.717, 1.165) is 5.56 Å². The first kappa shape index (κ1) is 12.2. The van der Waals surface area contributed by atoms with Crippen molar-refractivity contribution >= 4 is 11.9 Å². The largest absolute Gasteiger partial charge is 0.481 e. The van der Waals surface area contributed by atoms with Crippen molar-refractivity contribution in [2.45, 2.75) is 13.3 Å². The van der Waals surface area contributed by atoms with E-state index in [4.69, 9.17) is 9.84 Å². The summed E-state index contributed by atoms with van der Waals surface area (Å²) >= 11 is 0. The monoisotopic (exact) mass is 221 g/mol. The van der Waals surface area contributed by atoms with Crippen LogP contribution in [0.3, 0.4) is 0 Å². The third-order valence-corrected chi connectivity index (χ3v) is 1.90. The van der Waals surface area contributed by atoms with E-state index in [-0.39, 0.29) is 6.54 Å². The van der Waals surface area contributed by atoms with Crippen LogP contribution >= 0.6 is 0 Å². The highest BCUT2D eigenvalue weighted by Crippen LogP contribution is 2.02. The first-order chi connectivity index (χ1) is 7.72. The summed E-state index contributed by atoms with van der Waals surface area (Å²) in [5, 5.41) is 8.53. The highest BCUT2D eigenvalue weighted by molar-refractivity contribution is 5.81. The van der Waals surface area contributed by atoms with Crippen LogP contribution < -0.4 is 0 Å². The number of carboxylic acid groups (broad SMARTS) is 1. The molecule has 0 unspecified atom stereocenters. The number of hydrogen-bond donors (Lipinski definition) is 1. The van der Waals surface area contributed by atoms with Crippen LogP contribution in [0.1, 0.15) is 12.5 Å². The van der Waals surface area contributed by atoms with Gasteiger partial charge in [0.1, 0.15) is 6.54 Å². The molecule has 0 heterocycles. The minimum absolute atomic E-state index is 0.248. The molecule has 1 N–H and O–H groups in total. The lowest BCUT2D eigenvalue weighted by Crippen LogP contribution is -2.12. The van der Waals surface area contributed by atoms with E-state index >= 15 is 0 Å². The van der Waals surface area contributed by atoms with Crippen molar-refractivity contribution in [3.8, 4) is 0 Å². The SMILES string of the molecule is CCOC(Cc1ccccc1)=NCC(=O)O. The highest BCUT2D eigenvalue weighted by Gasteiger charge is 2.03. The van der Waals surface area contributed by atoms with Crippen LogP contribution in [0, 0.1) is 0 Å². The second kappa shape index (κ2) is 6.61. The fourth-order valence-electron chi connectivity index (χ4n) is 1.25. The second-order valence-corrected chi connectivity index (χ2v) is 3.20. The van der Waals surface area contributed by atoms with Crippen molar-refractivity contribution < 1.29 is 14.6 Å². The highest BCUT2D eigenvalue weighted by atomic mass is 16.5. The van der Waals surface area contributed by atoms with Crippen LogP contribution in [0.2, 0.25) is 0 Å². The molecule has 0 atom stereocenters. The minimum Gasteiger partial charge on any atom is -0.481 e. The second-order valence-electron chi connectivity index (χ2n) is 3.20. The number of carbonyl (C=O) groups is 1. The maximum absolute atomic E-state index is 10.4. The van der Waals surface area contributed by atoms with Gasteiger partial charge in [0.15, 0.2) is 5.90 Å². The predicted molar refractivity (Wildman–Crippen MR) is 61.7 cm³/mol. The molecular weight excluding hydrogens is 206 g/mol. The molecule has 1 rings (SSSR count). The molecule has 0 amide bonds. The van der Waals surface area contributed by atoms with Gasteiger partial charge in [-0.25, -0.2) is 4.99 Å². The average Bonchev–Trinajstić information content (AvgIpc) is 2.27. The third-order valence-electron chi connectivity index (χ3n) is 1.90. The van der Waals surface area contributed by atoms with Crippen LogP contribution in [0.25, 0.3) is 0 Å². The van der Waals surface area contributed by atoms with E-state index < -0.39 is 5.97 Å². The van der Waals surface area contributed by atoms with Crippen LogP contribution in [0.15, 0.2) is 35.3 Å². The number of aliphatic imine (C=N–C) groups is 1. The van der Waals surface area contributed by atoms with Crippen LogP contribution in [-0.4, -0.2) is 30.1 Å². The molecule has 0 aromatic heterocycles. The number of ether oxygens (including phenoxy) is 1. The van der Waals surface area contributed by atoms with E-state index in [1.54, 1.807) is 0 Å². The van der Waals surface area contributed by atoms with Crippen molar-refractivity contribution in [2.24, 2.45) is 4.99 Å². The van der Waals surface area contributed by atoms with E-state index in [1.165, 1.54) is 0 Å². The van der Waals surface area contributed by atoms with Gasteiger partial charge in [-0.3, -0.25) is 4.79 Å². The molecule has 0 radical (unpaired) electrons. The molecular formula is C12H15NO3. The van der Waals surface area contributed by atoms with Gasteiger partial charge in [0.25, 0.3) is 0 Å². The zero-order chi connectivity index (χ0) is 11.8. The van der Waals surface area contributed by atoms with Crippen LogP contribution in [-0.2, 0) is 16.0 Å². The molecule has 0 aliphatic carbocycles. The summed E-state index contributed by atoms with van der Waals surface area (Å²) in [5.41, 5.74) is 1.06. The summed E-state index contributed by atoms with van der Waals surface area (Å²) in [6.45, 7) is 2.09. The normalized spacial score (nSPS) is 11.2. The number of hydrogen-bond acceptors (Lipinski definition) is 3. The topological polar surface area (TPSA) is 58.9 Å². The zero-order valence-corrected chi connectivity index (χ0v) is 9.22. The van der Waals surface area contributed by atoms with Gasteiger partial charge in [-0.1, -0.05) is 30.3 Å². The maximum Gasteiger partial charge on any atom is 0.325 e. The zero-order valence-electron chi connectivity index (χ0n) is 9.22. The van der Waals surface area contributed by atoms with Crippen molar-refractivity contribution in [1.82, 2.24) is 0 Å². The Bertz CT molecular complexity index is 360. The Morgan fingerprint density at radius 3 is 2.62 bits per heavy atom. The van der Waals surface area contributed by atoms with Gasteiger partial charge in [-0.05, 0) is 12.5 Å². The number of benzene rings is 1. The Hall–Kier alpha value is -1.84. The Balaban J connectivity index is 2.64. The molecule has 0 aliphatic heterocycles. The summed E-state index contributed by atoms with van der Waals surface area (Å²) in [5.74, 6) is -0.485. The van der Waals surface area contributed by atoms with Crippen molar-refractivity contribution in [1.29, 1.82) is 0 Å². The lowest BCUT2D eigenvalue weighted by molar-refractivity contribution is -0.135. The summed E-state index contributed by atoms with van der Waals surface area (Å²) in [6.07, 6.45) is 0.530.